The number of carbonyl (C=O) groups excluding carboxylic acids is 2. The number of aliphatic hydroxyl groups is 1. The molecule has 1 amide bonds. The van der Waals surface area contributed by atoms with Crippen molar-refractivity contribution in [1.82, 2.24) is 0 Å². The van der Waals surface area contributed by atoms with Crippen LogP contribution in [-0.2, 0) is 9.59 Å². The highest BCUT2D eigenvalue weighted by molar-refractivity contribution is 6.51. The molecule has 0 aromatic heterocycles. The molecule has 0 saturated carbocycles. The molecule has 1 atom stereocenters. The predicted molar refractivity (Wildman–Crippen MR) is 147 cm³/mol. The van der Waals surface area contributed by atoms with Crippen molar-refractivity contribution < 1.29 is 28.9 Å². The number of anilines is 2. The average Bonchev–Trinajstić information content (AvgIpc) is 3.18. The Kier molecular flexibility index (Phi) is 7.62. The molecular weight excluding hydrogens is 484 g/mol. The number of hydrogen-bond donors (Lipinski definition) is 1. The summed E-state index contributed by atoms with van der Waals surface area (Å²) in [5, 5.41) is 11.5. The molecule has 38 heavy (non-hydrogen) atoms. The van der Waals surface area contributed by atoms with Crippen LogP contribution in [0.5, 0.6) is 17.2 Å². The number of hydrogen-bond acceptors (Lipinski definition) is 7. The average molecular weight is 517 g/mol. The highest BCUT2D eigenvalue weighted by Crippen LogP contribution is 2.44. The minimum atomic E-state index is -0.875. The molecule has 0 bridgehead atoms. The van der Waals surface area contributed by atoms with Crippen LogP contribution >= 0.6 is 0 Å². The van der Waals surface area contributed by atoms with E-state index in [9.17, 15) is 14.7 Å². The molecule has 198 valence electrons. The van der Waals surface area contributed by atoms with Crippen LogP contribution in [0.15, 0.2) is 72.3 Å². The summed E-state index contributed by atoms with van der Waals surface area (Å²) in [5.74, 6) is -0.357. The lowest BCUT2D eigenvalue weighted by Gasteiger charge is -2.26. The predicted octanol–water partition coefficient (Wildman–Crippen LogP) is 5.18. The third-order valence-electron chi connectivity index (χ3n) is 6.32. The molecule has 1 fully saturated rings. The largest absolute Gasteiger partial charge is 0.507 e. The molecule has 1 heterocycles. The summed E-state index contributed by atoms with van der Waals surface area (Å²) in [6.45, 7) is 3.87. The van der Waals surface area contributed by atoms with E-state index in [-0.39, 0.29) is 23.0 Å². The molecule has 1 N–H and O–H groups in total. The van der Waals surface area contributed by atoms with Gasteiger partial charge >= 0.3 is 0 Å². The van der Waals surface area contributed by atoms with Crippen molar-refractivity contribution in [3.05, 3.63) is 83.4 Å². The molecule has 3 aromatic rings. The Labute approximate surface area is 222 Å². The molecule has 0 spiro atoms. The van der Waals surface area contributed by atoms with Gasteiger partial charge in [0.2, 0.25) is 0 Å². The smallest absolute Gasteiger partial charge is 0.300 e. The summed E-state index contributed by atoms with van der Waals surface area (Å²) in [7, 11) is 6.82. The lowest BCUT2D eigenvalue weighted by atomic mass is 9.94. The van der Waals surface area contributed by atoms with Crippen molar-refractivity contribution in [3.8, 4) is 17.2 Å². The van der Waals surface area contributed by atoms with Crippen molar-refractivity contribution in [2.45, 2.75) is 26.0 Å². The van der Waals surface area contributed by atoms with Crippen LogP contribution in [0.3, 0.4) is 0 Å². The number of amides is 1. The minimum absolute atomic E-state index is 0.00997. The Bertz CT molecular complexity index is 1360. The van der Waals surface area contributed by atoms with Crippen LogP contribution in [0.4, 0.5) is 11.4 Å². The van der Waals surface area contributed by atoms with Gasteiger partial charge in [-0.15, -0.1) is 0 Å². The van der Waals surface area contributed by atoms with E-state index in [1.165, 1.54) is 19.1 Å². The Hall–Kier alpha value is -4.46. The maximum absolute atomic E-state index is 13.5. The summed E-state index contributed by atoms with van der Waals surface area (Å²) >= 11 is 0. The molecule has 1 saturated heterocycles. The van der Waals surface area contributed by atoms with Gasteiger partial charge in [0, 0.05) is 31.5 Å². The normalized spacial score (nSPS) is 16.6. The van der Waals surface area contributed by atoms with Gasteiger partial charge in [-0.1, -0.05) is 12.1 Å². The van der Waals surface area contributed by atoms with E-state index in [0.717, 1.165) is 5.69 Å². The first-order valence-electron chi connectivity index (χ1n) is 12.2. The number of ether oxygens (including phenoxy) is 3. The SMILES string of the molecule is COc1ccc(/C(O)=C2/C(=O)C(=O)N(c3ccc(N(C)C)cc3)C2c2ccc(OC(C)C)cc2)c(OC)c1. The van der Waals surface area contributed by atoms with Crippen molar-refractivity contribution >= 4 is 28.8 Å². The number of ketones is 1. The Morgan fingerprint density at radius 3 is 2.08 bits per heavy atom. The molecule has 8 heteroatoms. The lowest BCUT2D eigenvalue weighted by molar-refractivity contribution is -0.132. The number of Topliss-reactive ketones (excluding diaryl/α,β-unsaturated/α-hetero) is 1. The van der Waals surface area contributed by atoms with Gasteiger partial charge in [-0.2, -0.15) is 0 Å². The molecule has 0 radical (unpaired) electrons. The van der Waals surface area contributed by atoms with E-state index in [2.05, 4.69) is 0 Å². The van der Waals surface area contributed by atoms with Gasteiger partial charge in [0.05, 0.1) is 37.5 Å². The van der Waals surface area contributed by atoms with E-state index < -0.39 is 17.7 Å². The van der Waals surface area contributed by atoms with Crippen LogP contribution in [-0.4, -0.2) is 51.2 Å². The van der Waals surface area contributed by atoms with Gasteiger partial charge in [0.15, 0.2) is 0 Å². The van der Waals surface area contributed by atoms with Gasteiger partial charge in [0.25, 0.3) is 11.7 Å². The maximum atomic E-state index is 13.5. The van der Waals surface area contributed by atoms with E-state index in [1.54, 1.807) is 54.6 Å². The Balaban J connectivity index is 1.90. The van der Waals surface area contributed by atoms with Crippen LogP contribution in [0.2, 0.25) is 0 Å². The molecule has 1 aliphatic heterocycles. The van der Waals surface area contributed by atoms with Crippen molar-refractivity contribution in [3.63, 3.8) is 0 Å². The zero-order valence-electron chi connectivity index (χ0n) is 22.4. The summed E-state index contributed by atoms with van der Waals surface area (Å²) in [6.07, 6.45) is -0.00997. The van der Waals surface area contributed by atoms with Crippen molar-refractivity contribution in [2.24, 2.45) is 0 Å². The second-order valence-electron chi connectivity index (χ2n) is 9.38. The number of aliphatic hydroxyl groups excluding tert-OH is 1. The number of rotatable bonds is 8. The summed E-state index contributed by atoms with van der Waals surface area (Å²) in [4.78, 5) is 30.3. The number of nitrogens with zero attached hydrogens (tertiary/aromatic N) is 2. The molecule has 4 rings (SSSR count). The van der Waals surface area contributed by atoms with Gasteiger partial charge in [-0.05, 0) is 67.9 Å². The Morgan fingerprint density at radius 2 is 1.53 bits per heavy atom. The summed E-state index contributed by atoms with van der Waals surface area (Å²) < 4.78 is 16.5. The van der Waals surface area contributed by atoms with E-state index in [0.29, 0.717) is 28.5 Å². The second kappa shape index (κ2) is 10.9. The van der Waals surface area contributed by atoms with Crippen LogP contribution in [0.1, 0.15) is 31.0 Å². The van der Waals surface area contributed by atoms with Crippen LogP contribution in [0.25, 0.3) is 5.76 Å². The zero-order valence-corrected chi connectivity index (χ0v) is 22.4. The molecule has 1 aliphatic rings. The fourth-order valence-electron chi connectivity index (χ4n) is 4.47. The molecule has 1 unspecified atom stereocenters. The fourth-order valence-corrected chi connectivity index (χ4v) is 4.47. The molecular formula is C30H32N2O6. The highest BCUT2D eigenvalue weighted by Gasteiger charge is 2.47. The zero-order chi connectivity index (χ0) is 27.6. The topological polar surface area (TPSA) is 88.5 Å². The Morgan fingerprint density at radius 1 is 0.895 bits per heavy atom. The summed E-state index contributed by atoms with van der Waals surface area (Å²) in [5.41, 5.74) is 2.36. The number of carbonyl (C=O) groups is 2. The van der Waals surface area contributed by atoms with Gasteiger partial charge in [-0.3, -0.25) is 14.5 Å². The minimum Gasteiger partial charge on any atom is -0.507 e. The van der Waals surface area contributed by atoms with Crippen LogP contribution < -0.4 is 24.0 Å². The fraction of sp³-hybridized carbons (Fsp3) is 0.267. The molecule has 3 aromatic carbocycles. The van der Waals surface area contributed by atoms with Gasteiger partial charge in [0.1, 0.15) is 23.0 Å². The lowest BCUT2D eigenvalue weighted by Crippen LogP contribution is -2.29. The van der Waals surface area contributed by atoms with Gasteiger partial charge < -0.3 is 24.2 Å². The van der Waals surface area contributed by atoms with E-state index in [1.807, 2.05) is 45.0 Å². The third kappa shape index (κ3) is 5.02. The number of methoxy groups -OCH3 is 2. The molecule has 8 nitrogen and oxygen atoms in total. The second-order valence-corrected chi connectivity index (χ2v) is 9.38. The van der Waals surface area contributed by atoms with E-state index in [4.69, 9.17) is 14.2 Å². The van der Waals surface area contributed by atoms with Crippen LogP contribution in [0, 0.1) is 0 Å². The van der Waals surface area contributed by atoms with Gasteiger partial charge in [-0.25, -0.2) is 0 Å². The number of benzene rings is 3. The van der Waals surface area contributed by atoms with Crippen molar-refractivity contribution in [1.29, 1.82) is 0 Å². The summed E-state index contributed by atoms with van der Waals surface area (Å²) in [6, 6.07) is 18.5. The first kappa shape index (κ1) is 26.6. The van der Waals surface area contributed by atoms with E-state index >= 15 is 0 Å². The quantitative estimate of drug-likeness (QED) is 0.251. The monoisotopic (exact) mass is 516 g/mol. The molecule has 0 aliphatic carbocycles. The van der Waals surface area contributed by atoms with Crippen molar-refractivity contribution in [2.75, 3.05) is 38.1 Å². The maximum Gasteiger partial charge on any atom is 0.300 e. The first-order valence-corrected chi connectivity index (χ1v) is 12.2. The third-order valence-corrected chi connectivity index (χ3v) is 6.32. The first-order chi connectivity index (χ1) is 18.2. The standard InChI is InChI=1S/C30H32N2O6/c1-18(2)38-22-13-7-19(8-14-22)27-26(28(33)24-16-15-23(36-5)17-25(24)37-6)29(34)30(35)32(27)21-11-9-20(10-12-21)31(3)4/h7-18,27,33H,1-6H3/b28-26-. The highest BCUT2D eigenvalue weighted by atomic mass is 16.5.